The molecule has 0 fully saturated rings. The molecule has 2 atom stereocenters. The Morgan fingerprint density at radius 1 is 0.609 bits per heavy atom. The molecule has 26 nitrogen and oxygen atoms in total. The van der Waals surface area contributed by atoms with Crippen molar-refractivity contribution in [3.05, 3.63) is 101 Å². The Labute approximate surface area is 512 Å². The Balaban J connectivity index is 1.29. The highest BCUT2D eigenvalue weighted by atomic mass is 28.4. The average Bonchev–Trinajstić information content (AvgIpc) is 0.811. The van der Waals surface area contributed by atoms with Gasteiger partial charge in [0.1, 0.15) is 12.1 Å². The van der Waals surface area contributed by atoms with Gasteiger partial charge in [0.15, 0.2) is 0 Å². The van der Waals surface area contributed by atoms with Gasteiger partial charge in [-0.25, -0.2) is 4.79 Å². The molecule has 0 spiro atoms. The molecule has 3 rings (SSSR count). The van der Waals surface area contributed by atoms with E-state index < -0.39 is 62.5 Å². The molecule has 0 radical (unpaired) electrons. The van der Waals surface area contributed by atoms with Crippen LogP contribution in [0.1, 0.15) is 59.4 Å². The second-order valence-corrected chi connectivity index (χ2v) is 25.5. The van der Waals surface area contributed by atoms with Crippen LogP contribution in [0.3, 0.4) is 0 Å². The summed E-state index contributed by atoms with van der Waals surface area (Å²) in [5, 5.41) is 18.8. The number of carbonyl (C=O) groups is 6. The van der Waals surface area contributed by atoms with Gasteiger partial charge in [0.2, 0.25) is 29.5 Å². The lowest BCUT2D eigenvalue weighted by atomic mass is 10.0. The maximum Gasteiger partial charge on any atom is 0.312 e. The maximum absolute atomic E-state index is 13.6. The monoisotopic (exact) mass is 1240 g/mol. The van der Waals surface area contributed by atoms with Gasteiger partial charge in [-0.05, 0) is 57.4 Å². The van der Waals surface area contributed by atoms with Gasteiger partial charge < -0.3 is 84.3 Å². The van der Waals surface area contributed by atoms with E-state index >= 15 is 0 Å². The minimum atomic E-state index is -2.78. The van der Waals surface area contributed by atoms with E-state index in [-0.39, 0.29) is 63.1 Å². The standard InChI is InChI=1S/C60H94N10O16Si/c1-47(2)56(68-53(71)23-26-77-28-30-79-32-34-81-36-38-83-40-42-85-43-41-84-39-37-82-35-33-80-31-29-78-27-25-65-69-62)58(75)67-52(18-13-24-63-59(61)76)57(74)64-44-55(73)70(6)45-54(72)66-49-21-19-48(20-22-49)46-86-87(60(3,4)5,50-14-9-7-10-15-50)51-16-11-8-12-17-51/h7-12,14-17,19-22,47,52,56H,13,18,23-46H2,1-6H3,(H,64,74)(H,66,72)(H,67,75)(H,68,71)(H3,61,63,76). The van der Waals surface area contributed by atoms with Crippen molar-refractivity contribution >= 4 is 59.9 Å². The number of hydrogen-bond acceptors (Lipinski definition) is 17. The summed E-state index contributed by atoms with van der Waals surface area (Å²) in [4.78, 5) is 81.6. The van der Waals surface area contributed by atoms with E-state index in [0.29, 0.717) is 118 Å². The zero-order chi connectivity index (χ0) is 63.4. The van der Waals surface area contributed by atoms with Gasteiger partial charge in [-0.2, -0.15) is 0 Å². The normalized spacial score (nSPS) is 12.2. The molecular formula is C60H94N10O16Si. The summed E-state index contributed by atoms with van der Waals surface area (Å²) < 4.78 is 56.2. The number of nitrogens with one attached hydrogen (secondary N) is 5. The molecule has 7 N–H and O–H groups in total. The van der Waals surface area contributed by atoms with E-state index in [2.05, 4.69) is 81.6 Å². The number of primary amides is 1. The van der Waals surface area contributed by atoms with Gasteiger partial charge in [-0.1, -0.05) is 113 Å². The zero-order valence-corrected chi connectivity index (χ0v) is 52.6. The summed E-state index contributed by atoms with van der Waals surface area (Å²) >= 11 is 0. The van der Waals surface area contributed by atoms with Crippen LogP contribution in [0, 0.1) is 5.92 Å². The van der Waals surface area contributed by atoms with E-state index in [4.69, 9.17) is 58.3 Å². The highest BCUT2D eigenvalue weighted by molar-refractivity contribution is 6.99. The molecule has 0 aliphatic carbocycles. The molecule has 484 valence electrons. The largest absolute Gasteiger partial charge is 0.403 e. The summed E-state index contributed by atoms with van der Waals surface area (Å²) in [6, 6.07) is 25.1. The molecule has 0 saturated heterocycles. The van der Waals surface area contributed by atoms with Crippen molar-refractivity contribution < 1.29 is 75.8 Å². The average molecular weight is 1240 g/mol. The fraction of sp³-hybridized carbons (Fsp3) is 0.600. The highest BCUT2D eigenvalue weighted by Gasteiger charge is 2.50. The molecule has 0 saturated carbocycles. The van der Waals surface area contributed by atoms with Crippen LogP contribution in [0.15, 0.2) is 90.0 Å². The minimum Gasteiger partial charge on any atom is -0.403 e. The SMILES string of the molecule is CC(C)C(NC(=O)CCOCCOCCOCCOCCOCCOCCOCCOCCOCCN=[N+]=[N-])C(=O)NC(CCCNC(N)=O)C(=O)NCC(=O)N(C)CC(=O)Nc1ccc(CO[Si](c2ccccc2)(c2ccccc2)C(C)(C)C)cc1. The molecule has 3 aromatic rings. The van der Waals surface area contributed by atoms with Gasteiger partial charge in [0.25, 0.3) is 8.32 Å². The van der Waals surface area contributed by atoms with Crippen LogP contribution in [0.5, 0.6) is 0 Å². The molecular weight excluding hydrogens is 1140 g/mol. The lowest BCUT2D eigenvalue weighted by Gasteiger charge is -2.43. The van der Waals surface area contributed by atoms with Crippen molar-refractivity contribution in [2.24, 2.45) is 16.8 Å². The van der Waals surface area contributed by atoms with Gasteiger partial charge in [0.05, 0.1) is 139 Å². The second kappa shape index (κ2) is 44.8. The van der Waals surface area contributed by atoms with E-state index in [1.165, 1.54) is 22.3 Å². The van der Waals surface area contributed by atoms with E-state index in [9.17, 15) is 28.8 Å². The van der Waals surface area contributed by atoms with Crippen LogP contribution in [0.25, 0.3) is 10.4 Å². The second-order valence-electron chi connectivity index (χ2n) is 21.2. The molecule has 0 aliphatic rings. The number of anilines is 1. The maximum atomic E-state index is 13.6. The number of hydrogen-bond donors (Lipinski definition) is 6. The van der Waals surface area contributed by atoms with Crippen molar-refractivity contribution in [1.82, 2.24) is 26.2 Å². The molecule has 0 bridgehead atoms. The van der Waals surface area contributed by atoms with Crippen molar-refractivity contribution in [3.8, 4) is 0 Å². The lowest BCUT2D eigenvalue weighted by molar-refractivity contribution is -0.135. The van der Waals surface area contributed by atoms with Crippen LogP contribution in [-0.4, -0.2) is 213 Å². The molecule has 2 unspecified atom stereocenters. The fourth-order valence-electron chi connectivity index (χ4n) is 8.57. The summed E-state index contributed by atoms with van der Waals surface area (Å²) in [5.41, 5.74) is 14.9. The number of azide groups is 1. The number of nitrogens with zero attached hydrogens (tertiary/aromatic N) is 4. The number of benzene rings is 3. The van der Waals surface area contributed by atoms with E-state index in [0.717, 1.165) is 5.56 Å². The van der Waals surface area contributed by atoms with Crippen LogP contribution in [0.4, 0.5) is 10.5 Å². The van der Waals surface area contributed by atoms with Crippen molar-refractivity contribution in [2.45, 2.75) is 77.6 Å². The fourth-order valence-corrected chi connectivity index (χ4v) is 13.1. The number of carbonyl (C=O) groups excluding carboxylic acids is 6. The first kappa shape index (κ1) is 74.7. The number of urea groups is 1. The number of amides is 7. The van der Waals surface area contributed by atoms with Crippen LogP contribution in [0.2, 0.25) is 5.04 Å². The Bertz CT molecular complexity index is 2420. The van der Waals surface area contributed by atoms with Gasteiger partial charge in [0, 0.05) is 37.2 Å². The third-order valence-electron chi connectivity index (χ3n) is 13.0. The summed E-state index contributed by atoms with van der Waals surface area (Å²) in [5.74, 6) is -3.17. The Morgan fingerprint density at radius 2 is 1.07 bits per heavy atom. The van der Waals surface area contributed by atoms with E-state index in [1.54, 1.807) is 26.0 Å². The molecule has 0 aliphatic heterocycles. The Kier molecular flexibility index (Phi) is 38.4. The molecule has 7 amide bonds. The summed E-state index contributed by atoms with van der Waals surface area (Å²) in [6.45, 7) is 16.9. The third kappa shape index (κ3) is 31.8. The van der Waals surface area contributed by atoms with Gasteiger partial charge in [-0.3, -0.25) is 24.0 Å². The first-order chi connectivity index (χ1) is 42.0. The molecule has 3 aromatic carbocycles. The first-order valence-corrected chi connectivity index (χ1v) is 31.4. The number of likely N-dealkylation sites (N-methyl/N-ethyl adjacent to an activating group) is 1. The van der Waals surface area contributed by atoms with Crippen molar-refractivity contribution in [2.75, 3.05) is 157 Å². The summed E-state index contributed by atoms with van der Waals surface area (Å²) in [7, 11) is -1.35. The van der Waals surface area contributed by atoms with Crippen molar-refractivity contribution in [3.63, 3.8) is 0 Å². The lowest BCUT2D eigenvalue weighted by Crippen LogP contribution is -2.66. The zero-order valence-electron chi connectivity index (χ0n) is 51.6. The molecule has 27 heteroatoms. The van der Waals surface area contributed by atoms with Crippen LogP contribution < -0.4 is 42.7 Å². The minimum absolute atomic E-state index is 0.0450. The van der Waals surface area contributed by atoms with E-state index in [1.807, 2.05) is 48.5 Å². The first-order valence-electron chi connectivity index (χ1n) is 29.5. The highest BCUT2D eigenvalue weighted by Crippen LogP contribution is 2.37. The van der Waals surface area contributed by atoms with Gasteiger partial charge >= 0.3 is 6.03 Å². The number of nitrogens with two attached hydrogens (primary N) is 1. The number of ether oxygens (including phenoxy) is 9. The Hall–Kier alpha value is -6.59. The molecule has 87 heavy (non-hydrogen) atoms. The smallest absolute Gasteiger partial charge is 0.312 e. The molecule has 0 aromatic heterocycles. The predicted molar refractivity (Wildman–Crippen MR) is 330 cm³/mol. The number of rotatable bonds is 49. The third-order valence-corrected chi connectivity index (χ3v) is 18.0. The van der Waals surface area contributed by atoms with Crippen LogP contribution >= 0.6 is 0 Å². The topological polar surface area (TPSA) is 333 Å². The molecule has 0 heterocycles. The Morgan fingerprint density at radius 3 is 1.51 bits per heavy atom. The van der Waals surface area contributed by atoms with Crippen molar-refractivity contribution in [1.29, 1.82) is 0 Å². The van der Waals surface area contributed by atoms with Crippen LogP contribution in [-0.2, 0) is 77.6 Å². The summed E-state index contributed by atoms with van der Waals surface area (Å²) in [6.07, 6.45) is 0.248. The predicted octanol–water partition coefficient (Wildman–Crippen LogP) is 3.20. The quantitative estimate of drug-likeness (QED) is 0.0155. The van der Waals surface area contributed by atoms with Gasteiger partial charge in [-0.15, -0.1) is 0 Å².